The fourth-order valence-electron chi connectivity index (χ4n) is 5.07. The smallest absolute Gasteiger partial charge is 0.157 e. The average Bonchev–Trinajstić information content (AvgIpc) is 3.37. The molecular formula is C25H28N4O3. The zero-order valence-electron chi connectivity index (χ0n) is 18.7. The number of aliphatic hydroxyl groups excluding tert-OH is 1. The number of hydrogen-bond acceptors (Lipinski definition) is 5. The van der Waals surface area contributed by atoms with Crippen LogP contribution in [-0.2, 0) is 7.05 Å². The topological polar surface area (TPSA) is 72.5 Å². The summed E-state index contributed by atoms with van der Waals surface area (Å²) in [6.07, 6.45) is 2.57. The molecule has 0 fully saturated rings. The van der Waals surface area contributed by atoms with E-state index in [2.05, 4.69) is 45.2 Å². The predicted molar refractivity (Wildman–Crippen MR) is 127 cm³/mol. The fraction of sp³-hybridized carbons (Fsp3) is 0.360. The van der Waals surface area contributed by atoms with Crippen LogP contribution in [0.1, 0.15) is 36.2 Å². The number of rotatable bonds is 7. The van der Waals surface area contributed by atoms with Crippen LogP contribution in [-0.4, -0.2) is 52.3 Å². The van der Waals surface area contributed by atoms with E-state index in [-0.39, 0.29) is 6.61 Å². The summed E-state index contributed by atoms with van der Waals surface area (Å²) in [5, 5.41) is 10.5. The molecule has 5 rings (SSSR count). The molecule has 7 heteroatoms. The number of aldehydes is 1. The molecule has 1 atom stereocenters. The number of carbonyl (C=O) groups excluding carboxylic acids is 1. The van der Waals surface area contributed by atoms with Crippen molar-refractivity contribution < 1.29 is 14.6 Å². The highest BCUT2D eigenvalue weighted by molar-refractivity contribution is 5.98. The van der Waals surface area contributed by atoms with Crippen LogP contribution < -0.4 is 9.64 Å². The van der Waals surface area contributed by atoms with E-state index in [1.807, 2.05) is 13.1 Å². The minimum Gasteiger partial charge on any atom is -0.494 e. The molecule has 2 aromatic carbocycles. The molecule has 0 spiro atoms. The van der Waals surface area contributed by atoms with E-state index in [0.717, 1.165) is 54.8 Å². The van der Waals surface area contributed by atoms with E-state index < -0.39 is 0 Å². The molecule has 4 aromatic rings. The maximum Gasteiger partial charge on any atom is 0.157 e. The number of fused-ring (bicyclic) bond motifs is 1. The minimum atomic E-state index is 0.194. The fourth-order valence-corrected chi connectivity index (χ4v) is 5.07. The molecule has 0 amide bonds. The highest BCUT2D eigenvalue weighted by Crippen LogP contribution is 2.42. The second-order valence-corrected chi connectivity index (χ2v) is 8.40. The summed E-state index contributed by atoms with van der Waals surface area (Å²) < 4.78 is 10.1. The summed E-state index contributed by atoms with van der Waals surface area (Å²) in [7, 11) is 3.61. The molecular weight excluding hydrogens is 404 g/mol. The molecule has 2 aromatic heterocycles. The first-order valence-electron chi connectivity index (χ1n) is 11.1. The predicted octanol–water partition coefficient (Wildman–Crippen LogP) is 4.17. The highest BCUT2D eigenvalue weighted by Gasteiger charge is 2.29. The lowest BCUT2D eigenvalue weighted by molar-refractivity contribution is 0.112. The lowest BCUT2D eigenvalue weighted by Crippen LogP contribution is -2.36. The first kappa shape index (κ1) is 20.6. The number of aromatic nitrogens is 3. The van der Waals surface area contributed by atoms with Crippen molar-refractivity contribution in [1.82, 2.24) is 14.1 Å². The van der Waals surface area contributed by atoms with E-state index in [9.17, 15) is 9.90 Å². The third kappa shape index (κ3) is 2.99. The normalized spacial score (nSPS) is 15.6. The van der Waals surface area contributed by atoms with E-state index in [4.69, 9.17) is 9.72 Å². The molecule has 1 aliphatic rings. The largest absolute Gasteiger partial charge is 0.494 e. The van der Waals surface area contributed by atoms with Gasteiger partial charge in [-0.3, -0.25) is 4.79 Å². The van der Waals surface area contributed by atoms with Gasteiger partial charge in [-0.25, -0.2) is 4.98 Å². The van der Waals surface area contributed by atoms with Gasteiger partial charge in [-0.1, -0.05) is 19.1 Å². The average molecular weight is 433 g/mol. The Morgan fingerprint density at radius 1 is 1.25 bits per heavy atom. The number of ether oxygens (including phenoxy) is 1. The Morgan fingerprint density at radius 2 is 2.09 bits per heavy atom. The second kappa shape index (κ2) is 7.98. The Hall–Kier alpha value is -3.32. The van der Waals surface area contributed by atoms with Crippen LogP contribution in [0.15, 0.2) is 36.4 Å². The van der Waals surface area contributed by atoms with Gasteiger partial charge in [-0.05, 0) is 37.1 Å². The molecule has 0 radical (unpaired) electrons. The number of methoxy groups -OCH3 is 1. The number of hydrogen-bond donors (Lipinski definition) is 1. The van der Waals surface area contributed by atoms with Crippen molar-refractivity contribution in [2.24, 2.45) is 7.05 Å². The highest BCUT2D eigenvalue weighted by atomic mass is 16.5. The quantitative estimate of drug-likeness (QED) is 0.444. The molecule has 32 heavy (non-hydrogen) atoms. The number of aryl methyl sites for hydroxylation is 1. The maximum atomic E-state index is 11.4. The monoisotopic (exact) mass is 432 g/mol. The van der Waals surface area contributed by atoms with Crippen molar-refractivity contribution in [3.8, 4) is 17.3 Å². The zero-order valence-corrected chi connectivity index (χ0v) is 18.7. The molecule has 0 bridgehead atoms. The number of benzene rings is 2. The van der Waals surface area contributed by atoms with Crippen molar-refractivity contribution in [3.05, 3.63) is 42.0 Å². The zero-order chi connectivity index (χ0) is 22.4. The van der Waals surface area contributed by atoms with Gasteiger partial charge in [-0.2, -0.15) is 0 Å². The Morgan fingerprint density at radius 3 is 2.81 bits per heavy atom. The second-order valence-electron chi connectivity index (χ2n) is 8.40. The van der Waals surface area contributed by atoms with Gasteiger partial charge in [0.2, 0.25) is 0 Å². The van der Waals surface area contributed by atoms with Gasteiger partial charge >= 0.3 is 0 Å². The summed E-state index contributed by atoms with van der Waals surface area (Å²) >= 11 is 0. The van der Waals surface area contributed by atoms with Crippen LogP contribution in [0.5, 0.6) is 5.75 Å². The Labute approximate surface area is 186 Å². The first-order valence-corrected chi connectivity index (χ1v) is 11.1. The van der Waals surface area contributed by atoms with Gasteiger partial charge in [0.1, 0.15) is 17.6 Å². The number of para-hydroxylation sites is 1. The van der Waals surface area contributed by atoms with Crippen LogP contribution in [0.2, 0.25) is 0 Å². The van der Waals surface area contributed by atoms with E-state index in [1.165, 1.54) is 16.6 Å². The van der Waals surface area contributed by atoms with Crippen molar-refractivity contribution >= 4 is 33.9 Å². The summed E-state index contributed by atoms with van der Waals surface area (Å²) in [6.45, 7) is 4.14. The van der Waals surface area contributed by atoms with E-state index >= 15 is 0 Å². The molecule has 7 nitrogen and oxygen atoms in total. The lowest BCUT2D eigenvalue weighted by Gasteiger charge is -2.36. The summed E-state index contributed by atoms with van der Waals surface area (Å²) in [4.78, 5) is 18.8. The summed E-state index contributed by atoms with van der Waals surface area (Å²) in [5.74, 6) is 1.49. The van der Waals surface area contributed by atoms with Crippen molar-refractivity contribution in [2.45, 2.75) is 25.8 Å². The van der Waals surface area contributed by atoms with Crippen LogP contribution in [0.3, 0.4) is 0 Å². The van der Waals surface area contributed by atoms with Crippen LogP contribution in [0.4, 0.5) is 5.69 Å². The Balaban J connectivity index is 1.77. The third-order valence-corrected chi connectivity index (χ3v) is 6.57. The summed E-state index contributed by atoms with van der Waals surface area (Å²) in [6, 6.07) is 12.5. The first-order chi connectivity index (χ1) is 15.6. The van der Waals surface area contributed by atoms with Crippen molar-refractivity contribution in [2.75, 3.05) is 31.7 Å². The standard InChI is InChI=1S/C25H28N4O3/c1-4-18-14-28(9-6-10-30)20-8-5-7-17-13-21(29(18)23(17)20)25-26-19-11-16(15-31)12-22(32-3)24(19)27(25)2/h5,7-8,11-13,15,18,30H,4,6,9-10,14H2,1-3H3. The number of imidazole rings is 1. The number of anilines is 1. The minimum absolute atomic E-state index is 0.194. The molecule has 166 valence electrons. The molecule has 0 aliphatic carbocycles. The summed E-state index contributed by atoms with van der Waals surface area (Å²) in [5.41, 5.74) is 5.65. The van der Waals surface area contributed by atoms with Crippen LogP contribution >= 0.6 is 0 Å². The molecule has 1 unspecified atom stereocenters. The van der Waals surface area contributed by atoms with E-state index in [1.54, 1.807) is 13.2 Å². The van der Waals surface area contributed by atoms with Gasteiger partial charge in [0, 0.05) is 37.7 Å². The SMILES string of the molecule is CCC1CN(CCCO)c2cccc3cc(-c4nc5cc(C=O)cc(OC)c5n4C)n1c23. The number of nitrogens with zero attached hydrogens (tertiary/aromatic N) is 4. The van der Waals surface area contributed by atoms with Gasteiger partial charge in [0.15, 0.2) is 5.82 Å². The Kier molecular flexibility index (Phi) is 5.13. The van der Waals surface area contributed by atoms with Crippen molar-refractivity contribution in [3.63, 3.8) is 0 Å². The Bertz CT molecular complexity index is 1320. The van der Waals surface area contributed by atoms with Gasteiger partial charge in [0.25, 0.3) is 0 Å². The van der Waals surface area contributed by atoms with Crippen LogP contribution in [0, 0.1) is 0 Å². The van der Waals surface area contributed by atoms with Crippen LogP contribution in [0.25, 0.3) is 33.5 Å². The molecule has 3 heterocycles. The number of carbonyl (C=O) groups is 1. The van der Waals surface area contributed by atoms with Gasteiger partial charge in [0.05, 0.1) is 35.6 Å². The van der Waals surface area contributed by atoms with E-state index in [0.29, 0.717) is 17.4 Å². The number of aliphatic hydroxyl groups is 1. The molecule has 1 N–H and O–H groups in total. The lowest BCUT2D eigenvalue weighted by atomic mass is 10.1. The molecule has 0 saturated carbocycles. The molecule has 1 aliphatic heterocycles. The third-order valence-electron chi connectivity index (χ3n) is 6.57. The van der Waals surface area contributed by atoms with Gasteiger partial charge in [-0.15, -0.1) is 0 Å². The maximum absolute atomic E-state index is 11.4. The van der Waals surface area contributed by atoms with Gasteiger partial charge < -0.3 is 23.9 Å². The van der Waals surface area contributed by atoms with Crippen molar-refractivity contribution in [1.29, 1.82) is 0 Å². The molecule has 0 saturated heterocycles.